The number of nitrogens with zero attached hydrogens (tertiary/aromatic N) is 3. The van der Waals surface area contributed by atoms with Gasteiger partial charge in [-0.3, -0.25) is 4.98 Å². The van der Waals surface area contributed by atoms with Crippen LogP contribution in [0.1, 0.15) is 5.56 Å². The maximum Gasteiger partial charge on any atom is 0.346 e. The van der Waals surface area contributed by atoms with Crippen molar-refractivity contribution in [3.63, 3.8) is 0 Å². The molecule has 0 aliphatic heterocycles. The van der Waals surface area contributed by atoms with E-state index in [1.54, 1.807) is 36.4 Å². The van der Waals surface area contributed by atoms with E-state index in [-0.39, 0.29) is 12.4 Å². The molecule has 0 aliphatic carbocycles. The fourth-order valence-electron chi connectivity index (χ4n) is 1.77. The van der Waals surface area contributed by atoms with Crippen molar-refractivity contribution < 1.29 is 4.79 Å². The standard InChI is InChI=1S/C8H5ClN2O.C8H4N2O.ClH/c9-7-5-3-1-2-4-6(5)10-8(12)11-7;9-5-7-3-1-2-4-8(7)10-6-11;/h1-4H,(H,10,11,12);1-4H;1H. The number of aliphatic imine (C=N–C) groups is 1. The summed E-state index contributed by atoms with van der Waals surface area (Å²) in [6.45, 7) is 0. The molecule has 0 unspecified atom stereocenters. The van der Waals surface area contributed by atoms with Gasteiger partial charge in [-0.25, -0.2) is 9.59 Å². The van der Waals surface area contributed by atoms with Gasteiger partial charge in [-0.1, -0.05) is 35.9 Å². The number of H-pyrrole nitrogens is 1. The minimum Gasteiger partial charge on any atom is -0.296 e. The van der Waals surface area contributed by atoms with E-state index in [0.717, 1.165) is 5.39 Å². The van der Waals surface area contributed by atoms with E-state index in [9.17, 15) is 9.59 Å². The van der Waals surface area contributed by atoms with Crippen molar-refractivity contribution in [1.29, 1.82) is 5.26 Å². The van der Waals surface area contributed by atoms with Gasteiger partial charge in [-0.05, 0) is 24.3 Å². The van der Waals surface area contributed by atoms with Gasteiger partial charge in [0.05, 0.1) is 16.8 Å². The van der Waals surface area contributed by atoms with Gasteiger partial charge in [-0.15, -0.1) is 12.4 Å². The first-order valence-electron chi connectivity index (χ1n) is 6.37. The highest BCUT2D eigenvalue weighted by atomic mass is 35.5. The second-order valence-corrected chi connectivity index (χ2v) is 4.58. The van der Waals surface area contributed by atoms with Gasteiger partial charge in [0.15, 0.2) is 0 Å². The fourth-order valence-corrected chi connectivity index (χ4v) is 2.01. The van der Waals surface area contributed by atoms with E-state index in [1.807, 2.05) is 18.2 Å². The molecular weight excluding hydrogens is 351 g/mol. The lowest BCUT2D eigenvalue weighted by Gasteiger charge is -1.96. The number of halogens is 2. The van der Waals surface area contributed by atoms with Crippen molar-refractivity contribution in [2.45, 2.75) is 0 Å². The van der Waals surface area contributed by atoms with Crippen LogP contribution in [-0.2, 0) is 4.79 Å². The van der Waals surface area contributed by atoms with E-state index in [4.69, 9.17) is 16.9 Å². The van der Waals surface area contributed by atoms with Gasteiger partial charge in [-0.2, -0.15) is 15.2 Å². The van der Waals surface area contributed by atoms with Crippen LogP contribution >= 0.6 is 24.0 Å². The maximum absolute atomic E-state index is 10.9. The summed E-state index contributed by atoms with van der Waals surface area (Å²) in [4.78, 5) is 30.2. The highest BCUT2D eigenvalue weighted by molar-refractivity contribution is 6.33. The summed E-state index contributed by atoms with van der Waals surface area (Å²) in [6.07, 6.45) is 1.38. The Labute approximate surface area is 147 Å². The molecule has 0 saturated heterocycles. The van der Waals surface area contributed by atoms with E-state index in [0.29, 0.717) is 21.9 Å². The van der Waals surface area contributed by atoms with Crippen molar-refractivity contribution in [1.82, 2.24) is 9.97 Å². The van der Waals surface area contributed by atoms with Gasteiger partial charge in [0, 0.05) is 5.39 Å². The van der Waals surface area contributed by atoms with Crippen molar-refractivity contribution in [3.05, 3.63) is 69.7 Å². The first-order valence-corrected chi connectivity index (χ1v) is 6.75. The molecule has 0 bridgehead atoms. The summed E-state index contributed by atoms with van der Waals surface area (Å²) in [5.41, 5.74) is 0.950. The van der Waals surface area contributed by atoms with Crippen molar-refractivity contribution in [2.75, 3.05) is 0 Å². The second kappa shape index (κ2) is 9.23. The third kappa shape index (κ3) is 4.77. The van der Waals surface area contributed by atoms with Crippen molar-refractivity contribution >= 4 is 46.7 Å². The summed E-state index contributed by atoms with van der Waals surface area (Å²) in [5.74, 6) is 0. The highest BCUT2D eigenvalue weighted by Gasteiger charge is 1.99. The summed E-state index contributed by atoms with van der Waals surface area (Å²) in [7, 11) is 0. The normalized spacial score (nSPS) is 8.83. The van der Waals surface area contributed by atoms with Gasteiger partial charge >= 0.3 is 5.69 Å². The van der Waals surface area contributed by atoms with Crippen LogP contribution in [0.3, 0.4) is 0 Å². The quantitative estimate of drug-likeness (QED) is 0.407. The Morgan fingerprint density at radius 2 is 1.79 bits per heavy atom. The smallest absolute Gasteiger partial charge is 0.296 e. The van der Waals surface area contributed by atoms with Crippen LogP contribution in [0.4, 0.5) is 5.69 Å². The average molecular weight is 361 g/mol. The Morgan fingerprint density at radius 1 is 1.12 bits per heavy atom. The highest BCUT2D eigenvalue weighted by Crippen LogP contribution is 2.16. The number of nitrogens with one attached hydrogen (secondary N) is 1. The molecule has 8 heteroatoms. The number of benzene rings is 2. The summed E-state index contributed by atoms with van der Waals surface area (Å²) in [5, 5.41) is 9.61. The Bertz CT molecular complexity index is 989. The Balaban J connectivity index is 0.000000232. The number of para-hydroxylation sites is 2. The minimum atomic E-state index is -0.418. The number of hydrogen-bond acceptors (Lipinski definition) is 5. The number of isocyanates is 1. The van der Waals surface area contributed by atoms with Gasteiger partial charge < -0.3 is 0 Å². The number of nitriles is 1. The van der Waals surface area contributed by atoms with Crippen LogP contribution in [-0.4, -0.2) is 16.0 Å². The van der Waals surface area contributed by atoms with Crippen molar-refractivity contribution in [2.24, 2.45) is 4.99 Å². The molecule has 24 heavy (non-hydrogen) atoms. The van der Waals surface area contributed by atoms with E-state index >= 15 is 0 Å². The third-order valence-corrected chi connectivity index (χ3v) is 3.07. The zero-order chi connectivity index (χ0) is 16.7. The molecule has 0 saturated carbocycles. The monoisotopic (exact) mass is 360 g/mol. The molecule has 0 fully saturated rings. The molecule has 0 aliphatic rings. The molecule has 0 amide bonds. The maximum atomic E-state index is 10.9. The van der Waals surface area contributed by atoms with Crippen LogP contribution < -0.4 is 5.69 Å². The predicted molar refractivity (Wildman–Crippen MR) is 93.6 cm³/mol. The molecule has 1 heterocycles. The van der Waals surface area contributed by atoms with E-state index in [2.05, 4.69) is 15.0 Å². The molecular formula is C16H10Cl2N4O2. The summed E-state index contributed by atoms with van der Waals surface area (Å²) >= 11 is 5.77. The molecule has 3 aromatic rings. The number of aromatic amines is 1. The molecule has 0 radical (unpaired) electrons. The van der Waals surface area contributed by atoms with Crippen LogP contribution in [0, 0.1) is 11.3 Å². The zero-order valence-corrected chi connectivity index (χ0v) is 13.6. The number of fused-ring (bicyclic) bond motifs is 1. The largest absolute Gasteiger partial charge is 0.346 e. The summed E-state index contributed by atoms with van der Waals surface area (Å²) in [6, 6.07) is 15.7. The number of rotatable bonds is 1. The minimum absolute atomic E-state index is 0. The first-order chi connectivity index (χ1) is 11.2. The lowest BCUT2D eigenvalue weighted by molar-refractivity contribution is 0.565. The first kappa shape index (κ1) is 19.1. The lowest BCUT2D eigenvalue weighted by Crippen LogP contribution is -2.09. The number of aromatic nitrogens is 2. The Kier molecular flexibility index (Phi) is 7.34. The molecule has 120 valence electrons. The summed E-state index contributed by atoms with van der Waals surface area (Å²) < 4.78 is 0. The molecule has 1 N–H and O–H groups in total. The lowest BCUT2D eigenvalue weighted by atomic mass is 10.2. The van der Waals surface area contributed by atoms with Crippen molar-refractivity contribution in [3.8, 4) is 6.07 Å². The van der Waals surface area contributed by atoms with Gasteiger partial charge in [0.25, 0.3) is 0 Å². The van der Waals surface area contributed by atoms with E-state index < -0.39 is 5.69 Å². The van der Waals surface area contributed by atoms with Gasteiger partial charge in [0.2, 0.25) is 6.08 Å². The molecule has 1 aromatic heterocycles. The van der Waals surface area contributed by atoms with Crippen LogP contribution in [0.15, 0.2) is 58.3 Å². The number of carbonyl (C=O) groups excluding carboxylic acids is 1. The molecule has 0 spiro atoms. The van der Waals surface area contributed by atoms with Crippen LogP contribution in [0.2, 0.25) is 5.15 Å². The van der Waals surface area contributed by atoms with Crippen LogP contribution in [0.25, 0.3) is 10.9 Å². The van der Waals surface area contributed by atoms with Gasteiger partial charge in [0.1, 0.15) is 11.2 Å². The fraction of sp³-hybridized carbons (Fsp3) is 0. The zero-order valence-electron chi connectivity index (χ0n) is 12.1. The third-order valence-electron chi connectivity index (χ3n) is 2.77. The SMILES string of the molecule is Cl.N#Cc1ccccc1N=C=O.O=c1nc2ccccc2c(Cl)[nH]1. The topological polar surface area (TPSA) is 99.0 Å². The molecule has 0 atom stereocenters. The Hall–Kier alpha value is -2.97. The average Bonchev–Trinajstić information content (AvgIpc) is 2.56. The molecule has 2 aromatic carbocycles. The van der Waals surface area contributed by atoms with E-state index in [1.165, 1.54) is 6.08 Å². The predicted octanol–water partition coefficient (Wildman–Crippen LogP) is 3.52. The number of hydrogen-bond donors (Lipinski definition) is 1. The molecule has 3 rings (SSSR count). The second-order valence-electron chi connectivity index (χ2n) is 4.21. The Morgan fingerprint density at radius 3 is 2.50 bits per heavy atom. The molecule has 6 nitrogen and oxygen atoms in total. The van der Waals surface area contributed by atoms with Crippen LogP contribution in [0.5, 0.6) is 0 Å².